The minimum absolute atomic E-state index is 0.0422. The Labute approximate surface area is 133 Å². The van der Waals surface area contributed by atoms with Gasteiger partial charge in [0.1, 0.15) is 0 Å². The lowest BCUT2D eigenvalue weighted by Crippen LogP contribution is -2.34. The average Bonchev–Trinajstić information content (AvgIpc) is 2.41. The number of nitrogens with one attached hydrogen (secondary N) is 1. The summed E-state index contributed by atoms with van der Waals surface area (Å²) in [6.07, 6.45) is 0.572. The van der Waals surface area contributed by atoms with Gasteiger partial charge < -0.3 is 4.74 Å². The minimum atomic E-state index is -3.64. The molecule has 0 radical (unpaired) electrons. The molecule has 0 aromatic heterocycles. The monoisotopic (exact) mass is 327 g/mol. The third-order valence-corrected chi connectivity index (χ3v) is 5.01. The van der Waals surface area contributed by atoms with Crippen molar-refractivity contribution in [3.63, 3.8) is 0 Å². The van der Waals surface area contributed by atoms with Crippen LogP contribution in [0.2, 0.25) is 0 Å². The molecule has 1 N–H and O–H groups in total. The van der Waals surface area contributed by atoms with E-state index < -0.39 is 21.9 Å². The number of esters is 1. The van der Waals surface area contributed by atoms with Crippen LogP contribution in [0.15, 0.2) is 23.1 Å². The van der Waals surface area contributed by atoms with Gasteiger partial charge in [-0.3, -0.25) is 4.79 Å². The van der Waals surface area contributed by atoms with E-state index in [9.17, 15) is 13.2 Å². The smallest absolute Gasteiger partial charge is 0.309 e. The fraction of sp³-hybridized carbons (Fsp3) is 0.562. The summed E-state index contributed by atoms with van der Waals surface area (Å²) in [4.78, 5) is 12.0. The number of carbonyl (C=O) groups is 1. The van der Waals surface area contributed by atoms with Gasteiger partial charge in [-0.25, -0.2) is 13.1 Å². The number of aryl methyl sites for hydroxylation is 2. The van der Waals surface area contributed by atoms with Gasteiger partial charge in [-0.05, 0) is 37.8 Å². The lowest BCUT2D eigenvalue weighted by molar-refractivity contribution is -0.145. The number of sulfonamides is 1. The number of rotatable bonds is 7. The maximum absolute atomic E-state index is 12.4. The molecular formula is C16H25NO4S. The first kappa shape index (κ1) is 18.6. The fourth-order valence-corrected chi connectivity index (χ4v) is 3.69. The highest BCUT2D eigenvalue weighted by molar-refractivity contribution is 7.89. The maximum Gasteiger partial charge on any atom is 0.309 e. The second kappa shape index (κ2) is 7.74. The second-order valence-corrected chi connectivity index (χ2v) is 7.71. The largest absolute Gasteiger partial charge is 0.469 e. The first-order valence-electron chi connectivity index (χ1n) is 7.32. The zero-order chi connectivity index (χ0) is 16.9. The topological polar surface area (TPSA) is 72.5 Å². The summed E-state index contributed by atoms with van der Waals surface area (Å²) >= 11 is 0. The van der Waals surface area contributed by atoms with Crippen molar-refractivity contribution in [3.05, 3.63) is 29.3 Å². The molecule has 0 aliphatic rings. The molecule has 0 bridgehead atoms. The molecule has 1 atom stereocenters. The predicted molar refractivity (Wildman–Crippen MR) is 86.1 cm³/mol. The van der Waals surface area contributed by atoms with E-state index >= 15 is 0 Å². The van der Waals surface area contributed by atoms with Crippen molar-refractivity contribution in [3.8, 4) is 0 Å². The predicted octanol–water partition coefficient (Wildman–Crippen LogP) is 2.42. The Morgan fingerprint density at radius 1 is 1.27 bits per heavy atom. The molecule has 0 heterocycles. The quantitative estimate of drug-likeness (QED) is 0.781. The van der Waals surface area contributed by atoms with Crippen molar-refractivity contribution in [1.82, 2.24) is 4.72 Å². The molecule has 22 heavy (non-hydrogen) atoms. The molecule has 0 fully saturated rings. The number of methoxy groups -OCH3 is 1. The summed E-state index contributed by atoms with van der Waals surface area (Å²) in [6, 6.07) is 5.16. The van der Waals surface area contributed by atoms with Crippen molar-refractivity contribution in [1.29, 1.82) is 0 Å². The zero-order valence-electron chi connectivity index (χ0n) is 13.8. The van der Waals surface area contributed by atoms with Gasteiger partial charge >= 0.3 is 5.97 Å². The maximum atomic E-state index is 12.4. The van der Waals surface area contributed by atoms with E-state index in [1.54, 1.807) is 19.1 Å². The van der Waals surface area contributed by atoms with Gasteiger partial charge in [0, 0.05) is 6.54 Å². The molecular weight excluding hydrogens is 302 g/mol. The van der Waals surface area contributed by atoms with Crippen molar-refractivity contribution >= 4 is 16.0 Å². The number of benzene rings is 1. The summed E-state index contributed by atoms with van der Waals surface area (Å²) in [7, 11) is -2.32. The second-order valence-electron chi connectivity index (χ2n) is 5.97. The van der Waals surface area contributed by atoms with Crippen LogP contribution in [0.3, 0.4) is 0 Å². The molecule has 0 aliphatic heterocycles. The molecule has 1 rings (SSSR count). The van der Waals surface area contributed by atoms with Crippen LogP contribution in [0, 0.1) is 25.7 Å². The van der Waals surface area contributed by atoms with Gasteiger partial charge in [0.15, 0.2) is 0 Å². The average molecular weight is 327 g/mol. The first-order valence-corrected chi connectivity index (χ1v) is 8.80. The van der Waals surface area contributed by atoms with E-state index in [0.717, 1.165) is 5.56 Å². The summed E-state index contributed by atoms with van der Waals surface area (Å²) < 4.78 is 32.1. The molecule has 1 aromatic carbocycles. The highest BCUT2D eigenvalue weighted by Crippen LogP contribution is 2.18. The normalized spacial score (nSPS) is 13.2. The Bertz CT molecular complexity index is 623. The Morgan fingerprint density at radius 3 is 2.41 bits per heavy atom. The van der Waals surface area contributed by atoms with E-state index in [-0.39, 0.29) is 17.4 Å². The van der Waals surface area contributed by atoms with Crippen LogP contribution in [0.5, 0.6) is 0 Å². The Balaban J connectivity index is 2.89. The van der Waals surface area contributed by atoms with Crippen molar-refractivity contribution in [2.24, 2.45) is 11.8 Å². The Kier molecular flexibility index (Phi) is 6.56. The number of ether oxygens (including phenoxy) is 1. The Hall–Kier alpha value is -1.40. The highest BCUT2D eigenvalue weighted by Gasteiger charge is 2.24. The van der Waals surface area contributed by atoms with Crippen LogP contribution in [0.4, 0.5) is 0 Å². The van der Waals surface area contributed by atoms with Crippen LogP contribution in [0.25, 0.3) is 0 Å². The van der Waals surface area contributed by atoms with Crippen LogP contribution < -0.4 is 4.72 Å². The van der Waals surface area contributed by atoms with Crippen LogP contribution in [-0.2, 0) is 19.6 Å². The van der Waals surface area contributed by atoms with Gasteiger partial charge in [-0.1, -0.05) is 31.5 Å². The van der Waals surface area contributed by atoms with E-state index in [0.29, 0.717) is 12.0 Å². The molecule has 1 unspecified atom stereocenters. The van der Waals surface area contributed by atoms with Crippen LogP contribution >= 0.6 is 0 Å². The third kappa shape index (κ3) is 5.10. The number of hydrogen-bond acceptors (Lipinski definition) is 4. The van der Waals surface area contributed by atoms with Gasteiger partial charge in [-0.15, -0.1) is 0 Å². The molecule has 0 saturated heterocycles. The summed E-state index contributed by atoms with van der Waals surface area (Å²) in [5, 5.41) is 0. The Morgan fingerprint density at radius 2 is 1.91 bits per heavy atom. The van der Waals surface area contributed by atoms with Gasteiger partial charge in [0.25, 0.3) is 0 Å². The third-order valence-electron chi connectivity index (χ3n) is 3.43. The van der Waals surface area contributed by atoms with Crippen LogP contribution in [-0.4, -0.2) is 28.0 Å². The SMILES string of the molecule is COC(=O)C(CNS(=O)(=O)c1ccc(C)cc1C)CC(C)C. The summed E-state index contributed by atoms with van der Waals surface area (Å²) in [5.41, 5.74) is 1.69. The van der Waals surface area contributed by atoms with Crippen molar-refractivity contribution in [2.75, 3.05) is 13.7 Å². The van der Waals surface area contributed by atoms with Crippen LogP contribution in [0.1, 0.15) is 31.4 Å². The molecule has 1 aromatic rings. The van der Waals surface area contributed by atoms with Gasteiger partial charge in [-0.2, -0.15) is 0 Å². The molecule has 0 spiro atoms. The standard InChI is InChI=1S/C16H25NO4S/c1-11(2)8-14(16(18)21-5)10-17-22(19,20)15-7-6-12(3)9-13(15)4/h6-7,9,11,14,17H,8,10H2,1-5H3. The van der Waals surface area contributed by atoms with E-state index in [2.05, 4.69) is 4.72 Å². The number of hydrogen-bond donors (Lipinski definition) is 1. The molecule has 124 valence electrons. The molecule has 0 amide bonds. The first-order chi connectivity index (χ1) is 10.2. The zero-order valence-corrected chi connectivity index (χ0v) is 14.7. The molecule has 5 nitrogen and oxygen atoms in total. The molecule has 0 saturated carbocycles. The highest BCUT2D eigenvalue weighted by atomic mass is 32.2. The lowest BCUT2D eigenvalue weighted by Gasteiger charge is -2.18. The minimum Gasteiger partial charge on any atom is -0.469 e. The van der Waals surface area contributed by atoms with E-state index in [4.69, 9.17) is 4.74 Å². The van der Waals surface area contributed by atoms with E-state index in [1.165, 1.54) is 7.11 Å². The molecule has 6 heteroatoms. The van der Waals surface area contributed by atoms with E-state index in [1.807, 2.05) is 26.8 Å². The van der Waals surface area contributed by atoms with Crippen molar-refractivity contribution < 1.29 is 17.9 Å². The lowest BCUT2D eigenvalue weighted by atomic mass is 9.97. The van der Waals surface area contributed by atoms with Crippen molar-refractivity contribution in [2.45, 2.75) is 39.0 Å². The number of carbonyl (C=O) groups excluding carboxylic acids is 1. The fourth-order valence-electron chi connectivity index (χ4n) is 2.39. The van der Waals surface area contributed by atoms with Gasteiger partial charge in [0.05, 0.1) is 17.9 Å². The van der Waals surface area contributed by atoms with Gasteiger partial charge in [0.2, 0.25) is 10.0 Å². The summed E-state index contributed by atoms with van der Waals surface area (Å²) in [5.74, 6) is -0.600. The molecule has 0 aliphatic carbocycles. The summed E-state index contributed by atoms with van der Waals surface area (Å²) in [6.45, 7) is 7.67.